The smallest absolute Gasteiger partial charge is 0.263 e. The molecule has 4 nitrogen and oxygen atoms in total. The molecule has 1 aromatic rings. The van der Waals surface area contributed by atoms with Crippen LogP contribution in [0.4, 0.5) is 0 Å². The molecule has 1 aliphatic heterocycles. The Labute approximate surface area is 118 Å². The molecule has 0 saturated carbocycles. The fourth-order valence-electron chi connectivity index (χ4n) is 2.32. The Morgan fingerprint density at radius 3 is 2.42 bits per heavy atom. The summed E-state index contributed by atoms with van der Waals surface area (Å²) in [7, 11) is 1.79. The molecule has 0 spiro atoms. The summed E-state index contributed by atoms with van der Waals surface area (Å²) in [5.41, 5.74) is 8.36. The Balaban J connectivity index is 2.26. The number of hydrogen-bond donors (Lipinski definition) is 1. The Bertz CT molecular complexity index is 519. The maximum Gasteiger partial charge on any atom is 0.263 e. The van der Waals surface area contributed by atoms with Gasteiger partial charge in [-0.3, -0.25) is 4.79 Å². The first-order valence-electron chi connectivity index (χ1n) is 6.23. The van der Waals surface area contributed by atoms with Crippen molar-refractivity contribution in [1.29, 1.82) is 0 Å². The van der Waals surface area contributed by atoms with E-state index in [1.807, 2.05) is 26.0 Å². The van der Waals surface area contributed by atoms with Gasteiger partial charge in [-0.05, 0) is 37.1 Å². The van der Waals surface area contributed by atoms with Crippen molar-refractivity contribution in [2.45, 2.75) is 26.4 Å². The highest BCUT2D eigenvalue weighted by atomic mass is 32.1. The number of ether oxygens (including phenoxy) is 1. The molecule has 19 heavy (non-hydrogen) atoms. The molecule has 2 rings (SSSR count). The number of thiocarbonyl (C=S) groups is 1. The lowest BCUT2D eigenvalue weighted by atomic mass is 10.1. The van der Waals surface area contributed by atoms with Crippen LogP contribution >= 0.6 is 12.2 Å². The molecule has 0 bridgehead atoms. The lowest BCUT2D eigenvalue weighted by molar-refractivity contribution is -0.132. The number of carbonyl (C=O) groups excluding carboxylic acids is 1. The summed E-state index contributed by atoms with van der Waals surface area (Å²) in [6.07, 6.45) is 0.351. The van der Waals surface area contributed by atoms with Gasteiger partial charge in [-0.2, -0.15) is 0 Å². The number of likely N-dealkylation sites (N-methyl/N-ethyl adjacent to an activating group) is 1. The molecule has 1 saturated heterocycles. The highest BCUT2D eigenvalue weighted by Gasteiger charge is 2.31. The number of carbonyl (C=O) groups is 1. The number of rotatable bonds is 3. The highest BCUT2D eigenvalue weighted by molar-refractivity contribution is 7.80. The summed E-state index contributed by atoms with van der Waals surface area (Å²) >= 11 is 4.98. The SMILES string of the molecule is Cc1cc(C(N)=S)cc(C)c1OC1CCN(C)C1=O. The van der Waals surface area contributed by atoms with Crippen LogP contribution < -0.4 is 10.5 Å². The van der Waals surface area contributed by atoms with Crippen LogP contribution in [-0.4, -0.2) is 35.5 Å². The second kappa shape index (κ2) is 5.17. The van der Waals surface area contributed by atoms with Gasteiger partial charge < -0.3 is 15.4 Å². The third kappa shape index (κ3) is 2.71. The van der Waals surface area contributed by atoms with Gasteiger partial charge >= 0.3 is 0 Å². The number of likely N-dealkylation sites (tertiary alicyclic amines) is 1. The van der Waals surface area contributed by atoms with E-state index in [0.717, 1.165) is 35.4 Å². The number of aryl methyl sites for hydroxylation is 2. The van der Waals surface area contributed by atoms with Crippen LogP contribution in [0.1, 0.15) is 23.1 Å². The molecule has 1 heterocycles. The van der Waals surface area contributed by atoms with Crippen molar-refractivity contribution in [2.75, 3.05) is 13.6 Å². The van der Waals surface area contributed by atoms with Crippen LogP contribution in [0.5, 0.6) is 5.75 Å². The maximum atomic E-state index is 11.9. The largest absolute Gasteiger partial charge is 0.480 e. The van der Waals surface area contributed by atoms with Gasteiger partial charge in [-0.25, -0.2) is 0 Å². The van der Waals surface area contributed by atoms with E-state index >= 15 is 0 Å². The number of hydrogen-bond acceptors (Lipinski definition) is 3. The average molecular weight is 278 g/mol. The number of benzene rings is 1. The predicted octanol–water partition coefficient (Wildman–Crippen LogP) is 1.55. The zero-order chi connectivity index (χ0) is 14.2. The third-order valence-corrected chi connectivity index (χ3v) is 3.62. The lowest BCUT2D eigenvalue weighted by Gasteiger charge is -2.17. The predicted molar refractivity (Wildman–Crippen MR) is 78.5 cm³/mol. The quantitative estimate of drug-likeness (QED) is 0.852. The van der Waals surface area contributed by atoms with Crippen molar-refractivity contribution in [3.8, 4) is 5.75 Å². The summed E-state index contributed by atoms with van der Waals surface area (Å²) < 4.78 is 5.88. The van der Waals surface area contributed by atoms with Crippen molar-refractivity contribution < 1.29 is 9.53 Å². The average Bonchev–Trinajstić information content (AvgIpc) is 2.65. The summed E-state index contributed by atoms with van der Waals surface area (Å²) in [5, 5.41) is 0. The molecule has 2 N–H and O–H groups in total. The third-order valence-electron chi connectivity index (χ3n) is 3.38. The van der Waals surface area contributed by atoms with E-state index in [0.29, 0.717) is 4.99 Å². The van der Waals surface area contributed by atoms with Crippen LogP contribution in [0.25, 0.3) is 0 Å². The first-order valence-corrected chi connectivity index (χ1v) is 6.63. The monoisotopic (exact) mass is 278 g/mol. The van der Waals surface area contributed by atoms with Crippen LogP contribution in [0.2, 0.25) is 0 Å². The normalized spacial score (nSPS) is 18.8. The fourth-order valence-corrected chi connectivity index (χ4v) is 2.44. The van der Waals surface area contributed by atoms with E-state index in [2.05, 4.69) is 0 Å². The van der Waals surface area contributed by atoms with Crippen molar-refractivity contribution in [3.63, 3.8) is 0 Å². The molecular weight excluding hydrogens is 260 g/mol. The molecule has 1 amide bonds. The van der Waals surface area contributed by atoms with Gasteiger partial charge in [-0.15, -0.1) is 0 Å². The van der Waals surface area contributed by atoms with Crippen LogP contribution in [0, 0.1) is 13.8 Å². The minimum absolute atomic E-state index is 0.0391. The molecule has 1 aliphatic rings. The molecule has 1 atom stereocenters. The van der Waals surface area contributed by atoms with Gasteiger partial charge in [0.1, 0.15) is 10.7 Å². The molecule has 0 aromatic heterocycles. The molecular formula is C14H18N2O2S. The van der Waals surface area contributed by atoms with Crippen molar-refractivity contribution in [3.05, 3.63) is 28.8 Å². The van der Waals surface area contributed by atoms with Gasteiger partial charge in [0.05, 0.1) is 0 Å². The Kier molecular flexibility index (Phi) is 3.75. The van der Waals surface area contributed by atoms with E-state index in [1.54, 1.807) is 11.9 Å². The molecule has 0 aliphatic carbocycles. The van der Waals surface area contributed by atoms with E-state index in [1.165, 1.54) is 0 Å². The molecule has 0 radical (unpaired) electrons. The number of nitrogens with two attached hydrogens (primary N) is 1. The Hall–Kier alpha value is -1.62. The summed E-state index contributed by atoms with van der Waals surface area (Å²) in [5.74, 6) is 0.797. The Morgan fingerprint density at radius 1 is 1.42 bits per heavy atom. The van der Waals surface area contributed by atoms with E-state index in [9.17, 15) is 4.79 Å². The zero-order valence-electron chi connectivity index (χ0n) is 11.4. The van der Waals surface area contributed by atoms with Gasteiger partial charge in [0, 0.05) is 25.6 Å². The van der Waals surface area contributed by atoms with E-state index in [4.69, 9.17) is 22.7 Å². The van der Waals surface area contributed by atoms with Crippen molar-refractivity contribution in [2.24, 2.45) is 5.73 Å². The fraction of sp³-hybridized carbons (Fsp3) is 0.429. The summed E-state index contributed by atoms with van der Waals surface area (Å²) in [6.45, 7) is 4.62. The first kappa shape index (κ1) is 13.8. The zero-order valence-corrected chi connectivity index (χ0v) is 12.2. The van der Waals surface area contributed by atoms with Gasteiger partial charge in [0.15, 0.2) is 6.10 Å². The molecule has 1 aromatic carbocycles. The summed E-state index contributed by atoms with van der Waals surface area (Å²) in [4.78, 5) is 13.9. The van der Waals surface area contributed by atoms with Gasteiger partial charge in [0.25, 0.3) is 5.91 Å². The van der Waals surface area contributed by atoms with E-state index in [-0.39, 0.29) is 12.0 Å². The molecule has 5 heteroatoms. The maximum absolute atomic E-state index is 11.9. The Morgan fingerprint density at radius 2 is 2.00 bits per heavy atom. The number of amides is 1. The van der Waals surface area contributed by atoms with Gasteiger partial charge in [-0.1, -0.05) is 12.2 Å². The van der Waals surface area contributed by atoms with Crippen molar-refractivity contribution in [1.82, 2.24) is 4.90 Å². The van der Waals surface area contributed by atoms with Crippen LogP contribution in [0.3, 0.4) is 0 Å². The van der Waals surface area contributed by atoms with Crippen LogP contribution in [0.15, 0.2) is 12.1 Å². The second-order valence-electron chi connectivity index (χ2n) is 4.96. The molecule has 1 unspecified atom stereocenters. The highest BCUT2D eigenvalue weighted by Crippen LogP contribution is 2.28. The van der Waals surface area contributed by atoms with Gasteiger partial charge in [0.2, 0.25) is 0 Å². The minimum atomic E-state index is -0.377. The number of nitrogens with zero attached hydrogens (tertiary/aromatic N) is 1. The molecule has 1 fully saturated rings. The lowest BCUT2D eigenvalue weighted by Crippen LogP contribution is -2.29. The second-order valence-corrected chi connectivity index (χ2v) is 5.40. The molecule has 102 valence electrons. The summed E-state index contributed by atoms with van der Waals surface area (Å²) in [6, 6.07) is 3.79. The minimum Gasteiger partial charge on any atom is -0.480 e. The topological polar surface area (TPSA) is 55.6 Å². The first-order chi connectivity index (χ1) is 8.90. The van der Waals surface area contributed by atoms with Crippen molar-refractivity contribution >= 4 is 23.1 Å². The standard InChI is InChI=1S/C14H18N2O2S/c1-8-6-10(13(15)19)7-9(2)12(8)18-11-4-5-16(3)14(11)17/h6-7,11H,4-5H2,1-3H3,(H2,15,19). The van der Waals surface area contributed by atoms with Crippen LogP contribution in [-0.2, 0) is 4.79 Å². The van der Waals surface area contributed by atoms with E-state index < -0.39 is 0 Å².